The van der Waals surface area contributed by atoms with Crippen molar-refractivity contribution in [1.29, 1.82) is 5.26 Å². The molecule has 92 valence electrons. The summed E-state index contributed by atoms with van der Waals surface area (Å²) >= 11 is 0. The maximum Gasteiger partial charge on any atom is 0.139 e. The second-order valence-electron chi connectivity index (χ2n) is 5.06. The number of benzene rings is 1. The largest absolute Gasteiger partial charge is 0.331 e. The van der Waals surface area contributed by atoms with Crippen LogP contribution < -0.4 is 0 Å². The van der Waals surface area contributed by atoms with Gasteiger partial charge in [-0.05, 0) is 20.3 Å². The van der Waals surface area contributed by atoms with Crippen molar-refractivity contribution in [1.82, 2.24) is 9.55 Å². The molecule has 1 aromatic heterocycles. The zero-order valence-electron chi connectivity index (χ0n) is 10.8. The number of imidazole rings is 1. The highest BCUT2D eigenvalue weighted by atomic mass is 15.1. The van der Waals surface area contributed by atoms with E-state index in [9.17, 15) is 0 Å². The summed E-state index contributed by atoms with van der Waals surface area (Å²) in [4.78, 5) is 4.39. The molecule has 0 saturated carbocycles. The molecule has 2 aromatic rings. The van der Waals surface area contributed by atoms with Gasteiger partial charge in [-0.25, -0.2) is 4.98 Å². The summed E-state index contributed by atoms with van der Waals surface area (Å²) in [6.07, 6.45) is 4.59. The summed E-state index contributed by atoms with van der Waals surface area (Å²) in [6, 6.07) is 12.4. The Bertz CT molecular complexity index is 547. The van der Waals surface area contributed by atoms with E-state index < -0.39 is 0 Å². The van der Waals surface area contributed by atoms with E-state index in [1.54, 1.807) is 0 Å². The van der Waals surface area contributed by atoms with Gasteiger partial charge < -0.3 is 4.57 Å². The van der Waals surface area contributed by atoms with E-state index in [4.69, 9.17) is 5.26 Å². The van der Waals surface area contributed by atoms with Gasteiger partial charge >= 0.3 is 0 Å². The van der Waals surface area contributed by atoms with Crippen LogP contribution >= 0.6 is 0 Å². The lowest BCUT2D eigenvalue weighted by molar-refractivity contribution is 0.414. The number of hydrogen-bond acceptors (Lipinski definition) is 2. The molecule has 0 amide bonds. The highest BCUT2D eigenvalue weighted by Gasteiger charge is 2.17. The van der Waals surface area contributed by atoms with E-state index in [0.29, 0.717) is 0 Å². The molecule has 0 aliphatic heterocycles. The Morgan fingerprint density at radius 2 is 2.00 bits per heavy atom. The maximum atomic E-state index is 9.03. The van der Waals surface area contributed by atoms with Crippen LogP contribution in [0.4, 0.5) is 0 Å². The van der Waals surface area contributed by atoms with E-state index in [0.717, 1.165) is 24.4 Å². The Morgan fingerprint density at radius 3 is 2.67 bits per heavy atom. The first kappa shape index (κ1) is 12.4. The summed E-state index contributed by atoms with van der Waals surface area (Å²) in [6.45, 7) is 4.74. The Hall–Kier alpha value is -2.08. The van der Waals surface area contributed by atoms with Crippen LogP contribution in [0.2, 0.25) is 0 Å². The van der Waals surface area contributed by atoms with Gasteiger partial charge in [0.15, 0.2) is 0 Å². The molecule has 18 heavy (non-hydrogen) atoms. The molecule has 0 N–H and O–H groups in total. The average molecular weight is 239 g/mol. The molecule has 2 rings (SSSR count). The van der Waals surface area contributed by atoms with Crippen molar-refractivity contribution >= 4 is 0 Å². The lowest BCUT2D eigenvalue weighted by atomic mass is 9.91. The van der Waals surface area contributed by atoms with Gasteiger partial charge in [-0.15, -0.1) is 0 Å². The molecule has 0 radical (unpaired) electrons. The zero-order valence-corrected chi connectivity index (χ0v) is 10.8. The quantitative estimate of drug-likeness (QED) is 0.819. The molecule has 3 nitrogen and oxygen atoms in total. The van der Waals surface area contributed by atoms with Gasteiger partial charge in [-0.3, -0.25) is 0 Å². The van der Waals surface area contributed by atoms with E-state index in [1.807, 2.05) is 56.6 Å². The molecule has 0 atom stereocenters. The smallest absolute Gasteiger partial charge is 0.139 e. The summed E-state index contributed by atoms with van der Waals surface area (Å²) in [7, 11) is 0. The van der Waals surface area contributed by atoms with Crippen LogP contribution in [-0.4, -0.2) is 9.55 Å². The number of nitriles is 1. The molecule has 0 aliphatic rings. The van der Waals surface area contributed by atoms with Gasteiger partial charge in [-0.2, -0.15) is 5.26 Å². The Labute approximate surface area is 108 Å². The van der Waals surface area contributed by atoms with Crippen molar-refractivity contribution in [3.63, 3.8) is 0 Å². The molecular weight excluding hydrogens is 222 g/mol. The number of nitrogens with zero attached hydrogens (tertiary/aromatic N) is 3. The molecule has 3 heteroatoms. The van der Waals surface area contributed by atoms with Gasteiger partial charge in [0, 0.05) is 24.5 Å². The van der Waals surface area contributed by atoms with Crippen LogP contribution in [0.15, 0.2) is 42.7 Å². The molecule has 0 aliphatic carbocycles. The van der Waals surface area contributed by atoms with Crippen LogP contribution in [0.25, 0.3) is 11.4 Å². The second-order valence-corrected chi connectivity index (χ2v) is 5.06. The minimum Gasteiger partial charge on any atom is -0.331 e. The van der Waals surface area contributed by atoms with Gasteiger partial charge in [-0.1, -0.05) is 30.3 Å². The van der Waals surface area contributed by atoms with Crippen molar-refractivity contribution in [3.05, 3.63) is 42.7 Å². The number of aromatic nitrogens is 2. The molecule has 0 unspecified atom stereocenters. The fourth-order valence-corrected chi connectivity index (χ4v) is 1.79. The first-order valence-corrected chi connectivity index (χ1v) is 6.10. The predicted octanol–water partition coefficient (Wildman–Crippen LogP) is 3.49. The van der Waals surface area contributed by atoms with Crippen LogP contribution in [0.5, 0.6) is 0 Å². The van der Waals surface area contributed by atoms with Crippen LogP contribution in [0.1, 0.15) is 20.3 Å². The summed E-state index contributed by atoms with van der Waals surface area (Å²) in [5.41, 5.74) is 0.815. The Kier molecular flexibility index (Phi) is 3.47. The van der Waals surface area contributed by atoms with Crippen molar-refractivity contribution in [2.24, 2.45) is 5.41 Å². The van der Waals surface area contributed by atoms with Crippen LogP contribution in [0.3, 0.4) is 0 Å². The minimum absolute atomic E-state index is 0.293. The predicted molar refractivity (Wildman–Crippen MR) is 71.7 cm³/mol. The van der Waals surface area contributed by atoms with Crippen LogP contribution in [-0.2, 0) is 6.54 Å². The molecule has 0 fully saturated rings. The van der Waals surface area contributed by atoms with Gasteiger partial charge in [0.25, 0.3) is 0 Å². The van der Waals surface area contributed by atoms with Gasteiger partial charge in [0.05, 0.1) is 11.5 Å². The van der Waals surface area contributed by atoms with E-state index in [-0.39, 0.29) is 5.41 Å². The molecule has 0 saturated heterocycles. The van der Waals surface area contributed by atoms with E-state index in [1.165, 1.54) is 0 Å². The second kappa shape index (κ2) is 5.05. The highest BCUT2D eigenvalue weighted by Crippen LogP contribution is 2.22. The number of aryl methyl sites for hydroxylation is 1. The first-order chi connectivity index (χ1) is 8.62. The van der Waals surface area contributed by atoms with Crippen molar-refractivity contribution < 1.29 is 0 Å². The van der Waals surface area contributed by atoms with E-state index in [2.05, 4.69) is 15.6 Å². The van der Waals surface area contributed by atoms with Gasteiger partial charge in [0.2, 0.25) is 0 Å². The third-order valence-corrected chi connectivity index (χ3v) is 3.03. The molecular formula is C15H17N3. The molecule has 0 bridgehead atoms. The van der Waals surface area contributed by atoms with Crippen molar-refractivity contribution in [3.8, 4) is 17.5 Å². The summed E-state index contributed by atoms with van der Waals surface area (Å²) in [5, 5.41) is 9.03. The number of rotatable bonds is 4. The lowest BCUT2D eigenvalue weighted by Gasteiger charge is -2.16. The SMILES string of the molecule is CC(C)(C#N)CCn1ccnc1-c1ccccc1. The van der Waals surface area contributed by atoms with E-state index >= 15 is 0 Å². The fourth-order valence-electron chi connectivity index (χ4n) is 1.79. The zero-order chi connectivity index (χ0) is 13.0. The Morgan fingerprint density at radius 1 is 1.28 bits per heavy atom. The first-order valence-electron chi connectivity index (χ1n) is 6.10. The monoisotopic (exact) mass is 239 g/mol. The standard InChI is InChI=1S/C15H17N3/c1-15(2,12-16)8-10-18-11-9-17-14(18)13-6-4-3-5-7-13/h3-7,9,11H,8,10H2,1-2H3. The van der Waals surface area contributed by atoms with Crippen molar-refractivity contribution in [2.45, 2.75) is 26.8 Å². The van der Waals surface area contributed by atoms with Gasteiger partial charge in [0.1, 0.15) is 5.82 Å². The molecule has 1 heterocycles. The summed E-state index contributed by atoms with van der Waals surface area (Å²) < 4.78 is 2.11. The maximum absolute atomic E-state index is 9.03. The highest BCUT2D eigenvalue weighted by molar-refractivity contribution is 5.55. The third kappa shape index (κ3) is 2.78. The lowest BCUT2D eigenvalue weighted by Crippen LogP contribution is -2.12. The normalized spacial score (nSPS) is 11.2. The topological polar surface area (TPSA) is 41.6 Å². The summed E-state index contributed by atoms with van der Waals surface area (Å²) in [5.74, 6) is 0.962. The fraction of sp³-hybridized carbons (Fsp3) is 0.333. The number of hydrogen-bond donors (Lipinski definition) is 0. The average Bonchev–Trinajstić information content (AvgIpc) is 2.86. The molecule has 0 spiro atoms. The molecule has 1 aromatic carbocycles. The van der Waals surface area contributed by atoms with Crippen molar-refractivity contribution in [2.75, 3.05) is 0 Å². The minimum atomic E-state index is -0.293. The third-order valence-electron chi connectivity index (χ3n) is 3.03. The van der Waals surface area contributed by atoms with Crippen LogP contribution in [0, 0.1) is 16.7 Å². The Balaban J connectivity index is 2.17.